The molecule has 98 valence electrons. The van der Waals surface area contributed by atoms with E-state index >= 15 is 0 Å². The smallest absolute Gasteiger partial charge is 0.224 e. The first-order valence-corrected chi connectivity index (χ1v) is 6.09. The highest BCUT2D eigenvalue weighted by atomic mass is 16.1. The largest absolute Gasteiger partial charge is 0.399 e. The predicted molar refractivity (Wildman–Crippen MR) is 77.3 cm³/mol. The summed E-state index contributed by atoms with van der Waals surface area (Å²) < 4.78 is 0. The topological polar surface area (TPSA) is 81.1 Å². The van der Waals surface area contributed by atoms with E-state index < -0.39 is 0 Å². The van der Waals surface area contributed by atoms with Crippen molar-refractivity contribution in [1.82, 2.24) is 5.32 Å². The maximum atomic E-state index is 11.8. The average Bonchev–Trinajstić information content (AvgIpc) is 2.41. The van der Waals surface area contributed by atoms with E-state index in [9.17, 15) is 4.79 Å². The van der Waals surface area contributed by atoms with Crippen molar-refractivity contribution in [2.24, 2.45) is 0 Å². The summed E-state index contributed by atoms with van der Waals surface area (Å²) in [5.74, 6) is -0.0124. The fourth-order valence-electron chi connectivity index (χ4n) is 1.72. The first-order chi connectivity index (χ1) is 9.13. The Bertz CT molecular complexity index is 547. The molecule has 2 rings (SSSR count). The fraction of sp³-hybridized carbons (Fsp3) is 0.133. The van der Waals surface area contributed by atoms with Gasteiger partial charge in [0.2, 0.25) is 5.91 Å². The monoisotopic (exact) mass is 255 g/mol. The minimum atomic E-state index is -0.0124. The molecule has 0 saturated carbocycles. The maximum absolute atomic E-state index is 11.8. The second-order valence-electron chi connectivity index (χ2n) is 4.44. The highest BCUT2D eigenvalue weighted by Crippen LogP contribution is 2.07. The van der Waals surface area contributed by atoms with Gasteiger partial charge in [0.15, 0.2) is 0 Å². The molecular weight excluding hydrogens is 238 g/mol. The van der Waals surface area contributed by atoms with Crippen LogP contribution in [0.5, 0.6) is 0 Å². The third-order valence-electron chi connectivity index (χ3n) is 2.81. The van der Waals surface area contributed by atoms with Gasteiger partial charge in [0.05, 0.1) is 6.42 Å². The van der Waals surface area contributed by atoms with Crippen molar-refractivity contribution in [3.8, 4) is 0 Å². The number of nitrogens with two attached hydrogens (primary N) is 2. The van der Waals surface area contributed by atoms with Crippen molar-refractivity contribution in [3.63, 3.8) is 0 Å². The van der Waals surface area contributed by atoms with Gasteiger partial charge < -0.3 is 16.8 Å². The summed E-state index contributed by atoms with van der Waals surface area (Å²) in [5.41, 5.74) is 14.6. The molecule has 0 aliphatic rings. The molecule has 0 heterocycles. The summed E-state index contributed by atoms with van der Waals surface area (Å²) in [4.78, 5) is 11.8. The number of amides is 1. The number of carbonyl (C=O) groups excluding carboxylic acids is 1. The van der Waals surface area contributed by atoms with Crippen LogP contribution in [0.4, 0.5) is 11.4 Å². The van der Waals surface area contributed by atoms with Gasteiger partial charge in [0.1, 0.15) is 0 Å². The maximum Gasteiger partial charge on any atom is 0.224 e. The number of rotatable bonds is 4. The number of nitrogens with one attached hydrogen (secondary N) is 1. The standard InChI is InChI=1S/C15H17N3O/c16-13-5-1-11(2-6-13)9-15(19)18-10-12-3-7-14(17)8-4-12/h1-8H,9-10,16-17H2,(H,18,19). The van der Waals surface area contributed by atoms with Crippen molar-refractivity contribution in [3.05, 3.63) is 59.7 Å². The lowest BCUT2D eigenvalue weighted by Gasteiger charge is -2.06. The molecule has 2 aromatic carbocycles. The Morgan fingerprint density at radius 1 is 0.842 bits per heavy atom. The molecule has 4 heteroatoms. The van der Waals surface area contributed by atoms with Crippen molar-refractivity contribution in [2.75, 3.05) is 11.5 Å². The number of carbonyl (C=O) groups is 1. The highest BCUT2D eigenvalue weighted by molar-refractivity contribution is 5.78. The molecule has 0 bridgehead atoms. The van der Waals surface area contributed by atoms with Gasteiger partial charge in [-0.1, -0.05) is 24.3 Å². The number of anilines is 2. The summed E-state index contributed by atoms with van der Waals surface area (Å²) in [5, 5.41) is 2.87. The van der Waals surface area contributed by atoms with E-state index in [2.05, 4.69) is 5.32 Å². The van der Waals surface area contributed by atoms with Crippen LogP contribution in [0.15, 0.2) is 48.5 Å². The van der Waals surface area contributed by atoms with Gasteiger partial charge in [-0.3, -0.25) is 4.79 Å². The SMILES string of the molecule is Nc1ccc(CNC(=O)Cc2ccc(N)cc2)cc1. The summed E-state index contributed by atoms with van der Waals surface area (Å²) in [6, 6.07) is 14.8. The van der Waals surface area contributed by atoms with Crippen LogP contribution in [0.1, 0.15) is 11.1 Å². The average molecular weight is 255 g/mol. The highest BCUT2D eigenvalue weighted by Gasteiger charge is 2.03. The fourth-order valence-corrected chi connectivity index (χ4v) is 1.72. The molecule has 0 aliphatic heterocycles. The Kier molecular flexibility index (Phi) is 4.03. The number of hydrogen-bond donors (Lipinski definition) is 3. The molecule has 0 atom stereocenters. The molecule has 0 radical (unpaired) electrons. The summed E-state index contributed by atoms with van der Waals surface area (Å²) in [7, 11) is 0. The summed E-state index contributed by atoms with van der Waals surface area (Å²) >= 11 is 0. The quantitative estimate of drug-likeness (QED) is 0.727. The molecule has 0 aliphatic carbocycles. The zero-order chi connectivity index (χ0) is 13.7. The van der Waals surface area contributed by atoms with Gasteiger partial charge in [0, 0.05) is 17.9 Å². The van der Waals surface area contributed by atoms with E-state index in [0.717, 1.165) is 16.8 Å². The van der Waals surface area contributed by atoms with E-state index in [1.54, 1.807) is 12.1 Å². The summed E-state index contributed by atoms with van der Waals surface area (Å²) in [6.45, 7) is 0.508. The molecule has 5 N–H and O–H groups in total. The normalized spacial score (nSPS) is 10.1. The van der Waals surface area contributed by atoms with Crippen molar-refractivity contribution in [1.29, 1.82) is 0 Å². The van der Waals surface area contributed by atoms with E-state index in [1.165, 1.54) is 0 Å². The van der Waals surface area contributed by atoms with Gasteiger partial charge in [-0.15, -0.1) is 0 Å². The van der Waals surface area contributed by atoms with Crippen LogP contribution >= 0.6 is 0 Å². The van der Waals surface area contributed by atoms with Crippen LogP contribution in [-0.4, -0.2) is 5.91 Å². The van der Waals surface area contributed by atoms with Gasteiger partial charge in [-0.2, -0.15) is 0 Å². The zero-order valence-corrected chi connectivity index (χ0v) is 10.6. The minimum absolute atomic E-state index is 0.0124. The van der Waals surface area contributed by atoms with Crippen LogP contribution in [0.25, 0.3) is 0 Å². The van der Waals surface area contributed by atoms with Crippen LogP contribution in [-0.2, 0) is 17.8 Å². The van der Waals surface area contributed by atoms with E-state index in [4.69, 9.17) is 11.5 Å². The third kappa shape index (κ3) is 4.03. The van der Waals surface area contributed by atoms with Crippen LogP contribution < -0.4 is 16.8 Å². The van der Waals surface area contributed by atoms with Crippen molar-refractivity contribution >= 4 is 17.3 Å². The molecule has 2 aromatic rings. The van der Waals surface area contributed by atoms with Crippen LogP contribution in [0.2, 0.25) is 0 Å². The molecule has 0 unspecified atom stereocenters. The van der Waals surface area contributed by atoms with Crippen LogP contribution in [0.3, 0.4) is 0 Å². The first-order valence-electron chi connectivity index (χ1n) is 6.09. The van der Waals surface area contributed by atoms with E-state index in [0.29, 0.717) is 18.7 Å². The molecule has 4 nitrogen and oxygen atoms in total. The van der Waals surface area contributed by atoms with Gasteiger partial charge >= 0.3 is 0 Å². The van der Waals surface area contributed by atoms with E-state index in [1.807, 2.05) is 36.4 Å². The third-order valence-corrected chi connectivity index (χ3v) is 2.81. The Morgan fingerprint density at radius 2 is 1.32 bits per heavy atom. The number of nitrogen functional groups attached to an aromatic ring is 2. The Morgan fingerprint density at radius 3 is 1.84 bits per heavy atom. The molecule has 0 fully saturated rings. The molecule has 0 aromatic heterocycles. The molecule has 0 saturated heterocycles. The first kappa shape index (κ1) is 13.0. The molecule has 19 heavy (non-hydrogen) atoms. The summed E-state index contributed by atoms with van der Waals surface area (Å²) in [6.07, 6.45) is 0.356. The molecule has 1 amide bonds. The minimum Gasteiger partial charge on any atom is -0.399 e. The second kappa shape index (κ2) is 5.91. The zero-order valence-electron chi connectivity index (χ0n) is 10.6. The van der Waals surface area contributed by atoms with Crippen LogP contribution in [0, 0.1) is 0 Å². The molecular formula is C15H17N3O. The van der Waals surface area contributed by atoms with Gasteiger partial charge in [0.25, 0.3) is 0 Å². The second-order valence-corrected chi connectivity index (χ2v) is 4.44. The lowest BCUT2D eigenvalue weighted by atomic mass is 10.1. The Labute approximate surface area is 112 Å². The number of benzene rings is 2. The number of hydrogen-bond acceptors (Lipinski definition) is 3. The van der Waals surface area contributed by atoms with Gasteiger partial charge in [-0.05, 0) is 35.4 Å². The Hall–Kier alpha value is -2.49. The lowest BCUT2D eigenvalue weighted by molar-refractivity contribution is -0.120. The van der Waals surface area contributed by atoms with E-state index in [-0.39, 0.29) is 5.91 Å². The van der Waals surface area contributed by atoms with Crippen molar-refractivity contribution in [2.45, 2.75) is 13.0 Å². The van der Waals surface area contributed by atoms with Crippen molar-refractivity contribution < 1.29 is 4.79 Å². The lowest BCUT2D eigenvalue weighted by Crippen LogP contribution is -2.24. The molecule has 0 spiro atoms. The predicted octanol–water partition coefficient (Wildman–Crippen LogP) is 1.71. The Balaban J connectivity index is 1.84. The van der Waals surface area contributed by atoms with Gasteiger partial charge in [-0.25, -0.2) is 0 Å².